The van der Waals surface area contributed by atoms with Gasteiger partial charge in [-0.1, -0.05) is 11.8 Å². The Kier molecular flexibility index (Phi) is 6.56. The van der Waals surface area contributed by atoms with E-state index in [1.54, 1.807) is 7.05 Å². The van der Waals surface area contributed by atoms with E-state index in [0.29, 0.717) is 10.2 Å². The van der Waals surface area contributed by atoms with Crippen molar-refractivity contribution in [3.63, 3.8) is 0 Å². The van der Waals surface area contributed by atoms with E-state index in [2.05, 4.69) is 15.6 Å². The number of thiocarbonyl (C=S) groups is 1. The van der Waals surface area contributed by atoms with E-state index in [-0.39, 0.29) is 6.47 Å². The summed E-state index contributed by atoms with van der Waals surface area (Å²) in [4.78, 5) is 13.8. The molecule has 0 unspecified atom stereocenters. The third kappa shape index (κ3) is 5.80. The Labute approximate surface area is 68.6 Å². The summed E-state index contributed by atoms with van der Waals surface area (Å²) < 4.78 is 0.432. The fourth-order valence-corrected chi connectivity index (χ4v) is 0.847. The molecule has 2 N–H and O–H groups in total. The van der Waals surface area contributed by atoms with Crippen LogP contribution in [0, 0.1) is 0 Å². The molecule has 0 amide bonds. The van der Waals surface area contributed by atoms with Gasteiger partial charge in [-0.2, -0.15) is 0 Å². The Balaban J connectivity index is 3.16. The Hall–Kier alpha value is -0.330. The summed E-state index contributed by atoms with van der Waals surface area (Å²) in [5.41, 5.74) is 2.25. The molecule has 0 radical (unpaired) electrons. The van der Waals surface area contributed by atoms with Crippen molar-refractivity contribution in [2.24, 2.45) is 0 Å². The van der Waals surface area contributed by atoms with Crippen molar-refractivity contribution in [3.05, 3.63) is 0 Å². The van der Waals surface area contributed by atoms with Gasteiger partial charge < -0.3 is 10.2 Å². The van der Waals surface area contributed by atoms with Crippen LogP contribution in [0.15, 0.2) is 0 Å². The number of carbonyl (C=O) groups is 1. The molecular weight excluding hydrogens is 172 g/mol. The second-order valence-electron chi connectivity index (χ2n) is 1.25. The Bertz CT molecular complexity index is 120. The molecule has 0 aromatic rings. The highest BCUT2D eigenvalue weighted by atomic mass is 32.2. The summed E-state index contributed by atoms with van der Waals surface area (Å²) in [6.07, 6.45) is 0. The molecule has 4 nitrogen and oxygen atoms in total. The number of thioether (sulfide) groups is 1. The van der Waals surface area contributed by atoms with Crippen molar-refractivity contribution >= 4 is 34.8 Å². The summed E-state index contributed by atoms with van der Waals surface area (Å²) in [5.74, 6) is 0.689. The molecule has 58 valence electrons. The van der Waals surface area contributed by atoms with Crippen LogP contribution in [0.1, 0.15) is 0 Å². The highest BCUT2D eigenvalue weighted by Crippen LogP contribution is 1.97. The fourth-order valence-electron chi connectivity index (χ4n) is 0.239. The van der Waals surface area contributed by atoms with Crippen LogP contribution >= 0.6 is 24.0 Å². The SMILES string of the molecule is CNCSC(=S)NOC=O. The number of nitrogens with one attached hydrogen (secondary N) is 2. The van der Waals surface area contributed by atoms with Gasteiger partial charge in [0, 0.05) is 5.88 Å². The lowest BCUT2D eigenvalue weighted by molar-refractivity contribution is -0.132. The van der Waals surface area contributed by atoms with Crippen molar-refractivity contribution in [1.29, 1.82) is 0 Å². The standard InChI is InChI=1S/C4H8N2O2S2/c1-5-2-10-4(9)6-8-3-7/h3,5H,2H2,1H3,(H,6,9). The minimum Gasteiger partial charge on any atom is -0.346 e. The van der Waals surface area contributed by atoms with Crippen LogP contribution in [0.4, 0.5) is 0 Å². The van der Waals surface area contributed by atoms with Crippen LogP contribution in [-0.4, -0.2) is 23.7 Å². The predicted octanol–water partition coefficient (Wildman–Crippen LogP) is -0.141. The van der Waals surface area contributed by atoms with Gasteiger partial charge in [-0.05, 0) is 19.3 Å². The van der Waals surface area contributed by atoms with Gasteiger partial charge in [-0.3, -0.25) is 4.79 Å². The van der Waals surface area contributed by atoms with Gasteiger partial charge in [0.15, 0.2) is 4.32 Å². The van der Waals surface area contributed by atoms with Crippen LogP contribution < -0.4 is 10.8 Å². The normalized spacial score (nSPS) is 8.50. The Morgan fingerprint density at radius 1 is 1.90 bits per heavy atom. The molecule has 0 aromatic heterocycles. The zero-order chi connectivity index (χ0) is 7.82. The molecule has 10 heavy (non-hydrogen) atoms. The maximum Gasteiger partial charge on any atom is 0.320 e. The van der Waals surface area contributed by atoms with E-state index in [1.807, 2.05) is 0 Å². The lowest BCUT2D eigenvalue weighted by Crippen LogP contribution is -2.20. The van der Waals surface area contributed by atoms with E-state index in [4.69, 9.17) is 12.2 Å². The lowest BCUT2D eigenvalue weighted by atomic mass is 11.3. The number of hydrogen-bond donors (Lipinski definition) is 2. The van der Waals surface area contributed by atoms with Crippen molar-refractivity contribution < 1.29 is 9.63 Å². The molecule has 0 heterocycles. The van der Waals surface area contributed by atoms with Gasteiger partial charge >= 0.3 is 6.47 Å². The first-order chi connectivity index (χ1) is 4.81. The van der Waals surface area contributed by atoms with Gasteiger partial charge in [0.1, 0.15) is 0 Å². The molecule has 6 heteroatoms. The summed E-state index contributed by atoms with van der Waals surface area (Å²) in [7, 11) is 1.80. The molecule has 0 fully saturated rings. The van der Waals surface area contributed by atoms with Crippen LogP contribution in [0.5, 0.6) is 0 Å². The largest absolute Gasteiger partial charge is 0.346 e. The van der Waals surface area contributed by atoms with E-state index < -0.39 is 0 Å². The van der Waals surface area contributed by atoms with Crippen LogP contribution in [0.2, 0.25) is 0 Å². The highest BCUT2D eigenvalue weighted by Gasteiger charge is 1.93. The molecular formula is C4H8N2O2S2. The minimum absolute atomic E-state index is 0.284. The maximum absolute atomic E-state index is 9.61. The number of carbonyl (C=O) groups excluding carboxylic acids is 1. The molecule has 0 spiro atoms. The van der Waals surface area contributed by atoms with Gasteiger partial charge in [0.25, 0.3) is 0 Å². The zero-order valence-electron chi connectivity index (χ0n) is 5.42. The molecule has 0 bridgehead atoms. The second kappa shape index (κ2) is 6.79. The monoisotopic (exact) mass is 180 g/mol. The molecule has 0 saturated carbocycles. The molecule has 0 aliphatic carbocycles. The quantitative estimate of drug-likeness (QED) is 0.272. The number of rotatable bonds is 4. The highest BCUT2D eigenvalue weighted by molar-refractivity contribution is 8.22. The van der Waals surface area contributed by atoms with Crippen LogP contribution in [0.25, 0.3) is 0 Å². The Morgan fingerprint density at radius 3 is 3.10 bits per heavy atom. The summed E-state index contributed by atoms with van der Waals surface area (Å²) in [5, 5.41) is 2.87. The molecule has 0 aromatic carbocycles. The smallest absolute Gasteiger partial charge is 0.320 e. The van der Waals surface area contributed by atoms with Gasteiger partial charge in [0.2, 0.25) is 0 Å². The lowest BCUT2D eigenvalue weighted by Gasteiger charge is -2.01. The summed E-state index contributed by atoms with van der Waals surface area (Å²) >= 11 is 6.05. The van der Waals surface area contributed by atoms with Crippen molar-refractivity contribution in [2.45, 2.75) is 0 Å². The van der Waals surface area contributed by atoms with E-state index in [0.717, 1.165) is 0 Å². The first kappa shape index (κ1) is 9.67. The van der Waals surface area contributed by atoms with E-state index >= 15 is 0 Å². The summed E-state index contributed by atoms with van der Waals surface area (Å²) in [6.45, 7) is 0.284. The fraction of sp³-hybridized carbons (Fsp3) is 0.500. The molecule has 0 aliphatic rings. The van der Waals surface area contributed by atoms with Gasteiger partial charge in [-0.15, -0.1) is 0 Å². The van der Waals surface area contributed by atoms with Gasteiger partial charge in [-0.25, -0.2) is 5.48 Å². The maximum atomic E-state index is 9.61. The first-order valence-electron chi connectivity index (χ1n) is 2.48. The number of hydroxylamine groups is 1. The topological polar surface area (TPSA) is 50.4 Å². The van der Waals surface area contributed by atoms with Crippen LogP contribution in [-0.2, 0) is 9.63 Å². The van der Waals surface area contributed by atoms with Crippen molar-refractivity contribution in [2.75, 3.05) is 12.9 Å². The van der Waals surface area contributed by atoms with Crippen molar-refractivity contribution in [3.8, 4) is 0 Å². The zero-order valence-corrected chi connectivity index (χ0v) is 7.05. The molecule has 0 saturated heterocycles. The molecule has 0 atom stereocenters. The molecule has 0 rings (SSSR count). The average Bonchev–Trinajstić information content (AvgIpc) is 1.97. The van der Waals surface area contributed by atoms with Gasteiger partial charge in [0.05, 0.1) is 0 Å². The average molecular weight is 180 g/mol. The third-order valence-electron chi connectivity index (χ3n) is 0.538. The van der Waals surface area contributed by atoms with E-state index in [9.17, 15) is 4.79 Å². The second-order valence-corrected chi connectivity index (χ2v) is 2.90. The number of hydrogen-bond acceptors (Lipinski definition) is 5. The van der Waals surface area contributed by atoms with Crippen LogP contribution in [0.3, 0.4) is 0 Å². The van der Waals surface area contributed by atoms with E-state index in [1.165, 1.54) is 11.8 Å². The Morgan fingerprint density at radius 2 is 2.60 bits per heavy atom. The third-order valence-corrected chi connectivity index (χ3v) is 1.75. The predicted molar refractivity (Wildman–Crippen MR) is 44.4 cm³/mol. The minimum atomic E-state index is 0.284. The van der Waals surface area contributed by atoms with Crippen molar-refractivity contribution in [1.82, 2.24) is 10.8 Å². The summed E-state index contributed by atoms with van der Waals surface area (Å²) in [6, 6.07) is 0. The first-order valence-corrected chi connectivity index (χ1v) is 3.87. The molecule has 0 aliphatic heterocycles.